The van der Waals surface area contributed by atoms with Crippen LogP contribution < -0.4 is 9.47 Å². The van der Waals surface area contributed by atoms with E-state index in [1.807, 2.05) is 23.1 Å². The molecule has 0 aliphatic carbocycles. The molecule has 2 saturated heterocycles. The third-order valence-corrected chi connectivity index (χ3v) is 6.01. The third-order valence-electron chi connectivity index (χ3n) is 5.77. The number of methoxy groups -OCH3 is 2. The van der Waals surface area contributed by atoms with Gasteiger partial charge in [-0.1, -0.05) is 23.7 Å². The number of hydrogen-bond donors (Lipinski definition) is 0. The molecule has 2 aromatic rings. The molecule has 2 aliphatic heterocycles. The average molecular weight is 431 g/mol. The second-order valence-electron chi connectivity index (χ2n) is 8.12. The van der Waals surface area contributed by atoms with Crippen LogP contribution in [0, 0.1) is 5.41 Å². The van der Waals surface area contributed by atoms with Gasteiger partial charge in [-0.2, -0.15) is 0 Å². The van der Waals surface area contributed by atoms with Gasteiger partial charge in [0.05, 0.1) is 27.4 Å². The highest BCUT2D eigenvalue weighted by molar-refractivity contribution is 6.30. The number of rotatable bonds is 5. The summed E-state index contributed by atoms with van der Waals surface area (Å²) < 4.78 is 16.5. The first-order chi connectivity index (χ1) is 14.5. The quantitative estimate of drug-likeness (QED) is 0.728. The molecule has 1 amide bonds. The topological polar surface area (TPSA) is 51.2 Å². The number of benzene rings is 2. The zero-order valence-electron chi connectivity index (χ0n) is 17.4. The minimum Gasteiger partial charge on any atom is -0.493 e. The van der Waals surface area contributed by atoms with Crippen molar-refractivity contribution in [2.45, 2.75) is 6.54 Å². The first kappa shape index (κ1) is 21.0. The SMILES string of the molecule is COc1ccc(C(=O)N2CCOCC3(CN(Cc4cccc(Cl)c4)C3)C2)cc1OC. The number of halogens is 1. The molecule has 2 aliphatic rings. The Labute approximate surface area is 182 Å². The molecular weight excluding hydrogens is 404 g/mol. The van der Waals surface area contributed by atoms with Gasteiger partial charge in [0.25, 0.3) is 5.91 Å². The van der Waals surface area contributed by atoms with Crippen LogP contribution in [0.3, 0.4) is 0 Å². The molecule has 0 bridgehead atoms. The van der Waals surface area contributed by atoms with Crippen molar-refractivity contribution in [1.82, 2.24) is 9.80 Å². The molecule has 0 saturated carbocycles. The number of amides is 1. The van der Waals surface area contributed by atoms with E-state index in [9.17, 15) is 4.79 Å². The van der Waals surface area contributed by atoms with Crippen LogP contribution in [0.4, 0.5) is 0 Å². The van der Waals surface area contributed by atoms with Crippen LogP contribution in [0.25, 0.3) is 0 Å². The molecule has 2 aromatic carbocycles. The number of likely N-dealkylation sites (tertiary alicyclic amines) is 1. The van der Waals surface area contributed by atoms with Gasteiger partial charge in [-0.05, 0) is 35.9 Å². The van der Waals surface area contributed by atoms with Crippen molar-refractivity contribution in [3.63, 3.8) is 0 Å². The zero-order chi connectivity index (χ0) is 21.1. The second-order valence-corrected chi connectivity index (χ2v) is 8.56. The van der Waals surface area contributed by atoms with Crippen LogP contribution in [0.2, 0.25) is 5.02 Å². The van der Waals surface area contributed by atoms with E-state index in [-0.39, 0.29) is 11.3 Å². The molecule has 0 atom stereocenters. The summed E-state index contributed by atoms with van der Waals surface area (Å²) in [5.74, 6) is 1.16. The predicted octanol–water partition coefficient (Wildman–Crippen LogP) is 3.33. The highest BCUT2D eigenvalue weighted by atomic mass is 35.5. The van der Waals surface area contributed by atoms with Crippen molar-refractivity contribution >= 4 is 17.5 Å². The predicted molar refractivity (Wildman–Crippen MR) is 115 cm³/mol. The monoisotopic (exact) mass is 430 g/mol. The van der Waals surface area contributed by atoms with Crippen LogP contribution in [0.15, 0.2) is 42.5 Å². The van der Waals surface area contributed by atoms with Crippen molar-refractivity contribution in [2.24, 2.45) is 5.41 Å². The summed E-state index contributed by atoms with van der Waals surface area (Å²) in [6.07, 6.45) is 0. The Morgan fingerprint density at radius 3 is 2.63 bits per heavy atom. The first-order valence-corrected chi connectivity index (χ1v) is 10.5. The molecule has 0 N–H and O–H groups in total. The van der Waals surface area contributed by atoms with E-state index in [1.54, 1.807) is 32.4 Å². The zero-order valence-corrected chi connectivity index (χ0v) is 18.2. The Kier molecular flexibility index (Phi) is 6.18. The van der Waals surface area contributed by atoms with Crippen LogP contribution in [0.1, 0.15) is 15.9 Å². The Hall–Kier alpha value is -2.28. The fourth-order valence-corrected chi connectivity index (χ4v) is 4.63. The Morgan fingerprint density at radius 1 is 1.10 bits per heavy atom. The Bertz CT molecular complexity index is 914. The van der Waals surface area contributed by atoms with Gasteiger partial charge < -0.3 is 19.1 Å². The van der Waals surface area contributed by atoms with E-state index in [4.69, 9.17) is 25.8 Å². The minimum atomic E-state index is -0.0265. The molecule has 2 heterocycles. The van der Waals surface area contributed by atoms with Gasteiger partial charge in [0.15, 0.2) is 11.5 Å². The highest BCUT2D eigenvalue weighted by Gasteiger charge is 2.46. The largest absolute Gasteiger partial charge is 0.493 e. The summed E-state index contributed by atoms with van der Waals surface area (Å²) in [6.45, 7) is 5.15. The Morgan fingerprint density at radius 2 is 1.90 bits per heavy atom. The molecule has 0 radical (unpaired) electrons. The number of nitrogens with zero attached hydrogens (tertiary/aromatic N) is 2. The molecular formula is C23H27ClN2O4. The van der Waals surface area contributed by atoms with E-state index in [0.717, 1.165) is 24.7 Å². The lowest BCUT2D eigenvalue weighted by atomic mass is 9.79. The van der Waals surface area contributed by atoms with Crippen LogP contribution in [-0.2, 0) is 11.3 Å². The fraction of sp³-hybridized carbons (Fsp3) is 0.435. The molecule has 4 rings (SSSR count). The smallest absolute Gasteiger partial charge is 0.254 e. The van der Waals surface area contributed by atoms with Crippen molar-refractivity contribution in [2.75, 3.05) is 53.6 Å². The summed E-state index contributed by atoms with van der Waals surface area (Å²) in [6, 6.07) is 13.3. The molecule has 160 valence electrons. The number of carbonyl (C=O) groups is 1. The summed E-state index contributed by atoms with van der Waals surface area (Å²) in [5, 5.41) is 0.757. The maximum Gasteiger partial charge on any atom is 0.254 e. The van der Waals surface area contributed by atoms with Gasteiger partial charge in [0, 0.05) is 48.7 Å². The Balaban J connectivity index is 1.43. The van der Waals surface area contributed by atoms with Crippen molar-refractivity contribution in [3.8, 4) is 11.5 Å². The van der Waals surface area contributed by atoms with E-state index < -0.39 is 0 Å². The molecule has 30 heavy (non-hydrogen) atoms. The van der Waals surface area contributed by atoms with Gasteiger partial charge in [-0.15, -0.1) is 0 Å². The van der Waals surface area contributed by atoms with Crippen LogP contribution in [0.5, 0.6) is 11.5 Å². The van der Waals surface area contributed by atoms with E-state index in [2.05, 4.69) is 11.0 Å². The van der Waals surface area contributed by atoms with Crippen LogP contribution in [-0.4, -0.2) is 69.3 Å². The number of ether oxygens (including phenoxy) is 3. The molecule has 0 aromatic heterocycles. The number of hydrogen-bond acceptors (Lipinski definition) is 5. The third kappa shape index (κ3) is 4.41. The van der Waals surface area contributed by atoms with E-state index in [1.165, 1.54) is 5.56 Å². The molecule has 2 fully saturated rings. The van der Waals surface area contributed by atoms with Gasteiger partial charge in [-0.3, -0.25) is 9.69 Å². The molecule has 6 nitrogen and oxygen atoms in total. The van der Waals surface area contributed by atoms with Gasteiger partial charge in [0.1, 0.15) is 0 Å². The summed E-state index contributed by atoms with van der Waals surface area (Å²) >= 11 is 6.11. The van der Waals surface area contributed by atoms with E-state index >= 15 is 0 Å². The molecule has 0 unspecified atom stereocenters. The summed E-state index contributed by atoms with van der Waals surface area (Å²) in [7, 11) is 3.16. The lowest BCUT2D eigenvalue weighted by molar-refractivity contribution is -0.0605. The van der Waals surface area contributed by atoms with Gasteiger partial charge >= 0.3 is 0 Å². The highest BCUT2D eigenvalue weighted by Crippen LogP contribution is 2.35. The summed E-state index contributed by atoms with van der Waals surface area (Å²) in [5.41, 5.74) is 1.77. The lowest BCUT2D eigenvalue weighted by Gasteiger charge is -2.50. The second kappa shape index (κ2) is 8.84. The maximum absolute atomic E-state index is 13.2. The van der Waals surface area contributed by atoms with Crippen molar-refractivity contribution in [3.05, 3.63) is 58.6 Å². The lowest BCUT2D eigenvalue weighted by Crippen LogP contribution is -2.62. The van der Waals surface area contributed by atoms with E-state index in [0.29, 0.717) is 43.4 Å². The normalized spacial score (nSPS) is 18.6. The first-order valence-electron chi connectivity index (χ1n) is 10.1. The van der Waals surface area contributed by atoms with Crippen molar-refractivity contribution < 1.29 is 19.0 Å². The standard InChI is InChI=1S/C23H27ClN2O4/c1-28-20-7-6-18(11-21(20)29-2)22(27)26-8-9-30-16-23(15-26)13-25(14-23)12-17-4-3-5-19(24)10-17/h3-7,10-11H,8-9,12-16H2,1-2H3. The van der Waals surface area contributed by atoms with Crippen LogP contribution >= 0.6 is 11.6 Å². The van der Waals surface area contributed by atoms with Crippen molar-refractivity contribution in [1.29, 1.82) is 0 Å². The van der Waals surface area contributed by atoms with Gasteiger partial charge in [-0.25, -0.2) is 0 Å². The van der Waals surface area contributed by atoms with Gasteiger partial charge in [0.2, 0.25) is 0 Å². The molecule has 1 spiro atoms. The average Bonchev–Trinajstić information content (AvgIpc) is 2.96. The summed E-state index contributed by atoms with van der Waals surface area (Å²) in [4.78, 5) is 17.5. The minimum absolute atomic E-state index is 0.00545. The maximum atomic E-state index is 13.2. The molecule has 7 heteroatoms. The fourth-order valence-electron chi connectivity index (χ4n) is 4.42. The number of carbonyl (C=O) groups excluding carboxylic acids is 1.